The van der Waals surface area contributed by atoms with Crippen molar-refractivity contribution in [2.45, 2.75) is 39.6 Å². The van der Waals surface area contributed by atoms with Gasteiger partial charge in [-0.3, -0.25) is 4.79 Å². The van der Waals surface area contributed by atoms with E-state index < -0.39 is 28.7 Å². The molecule has 0 aromatic heterocycles. The first-order valence-electron chi connectivity index (χ1n) is 4.55. The monoisotopic (exact) mass is 261 g/mol. The zero-order chi connectivity index (χ0) is 9.28. The fourth-order valence-corrected chi connectivity index (χ4v) is 7.12. The van der Waals surface area contributed by atoms with Crippen molar-refractivity contribution in [3.05, 3.63) is 0 Å². The Morgan fingerprint density at radius 1 is 1.18 bits per heavy atom. The van der Waals surface area contributed by atoms with Gasteiger partial charge in [0.1, 0.15) is 0 Å². The number of carboxylic acids is 1. The van der Waals surface area contributed by atoms with E-state index in [1.165, 1.54) is 0 Å². The van der Waals surface area contributed by atoms with Crippen LogP contribution in [0.4, 0.5) is 0 Å². The van der Waals surface area contributed by atoms with E-state index in [-0.39, 0.29) is 0 Å². The molecule has 0 aromatic carbocycles. The summed E-state index contributed by atoms with van der Waals surface area (Å²) in [6, 6.07) is 0. The van der Waals surface area contributed by atoms with E-state index in [0.717, 1.165) is 6.92 Å². The molecule has 11 heavy (non-hydrogen) atoms. The molecule has 0 heterocycles. The van der Waals surface area contributed by atoms with E-state index in [4.69, 9.17) is 9.90 Å². The third-order valence-corrected chi connectivity index (χ3v) is 14.2. The molecule has 0 atom stereocenters. The molecule has 0 aliphatic heterocycles. The summed E-state index contributed by atoms with van der Waals surface area (Å²) < 4.78 is 4.73. The summed E-state index contributed by atoms with van der Waals surface area (Å²) in [6.07, 6.45) is 0. The number of carbonyl (C=O) groups is 1. The Morgan fingerprint density at radius 2 is 1.36 bits per heavy atom. The molecule has 65 valence electrons. The first kappa shape index (κ1) is 13.9. The van der Waals surface area contributed by atoms with Crippen molar-refractivity contribution in [2.75, 3.05) is 0 Å². The van der Waals surface area contributed by atoms with Crippen LogP contribution in [0.3, 0.4) is 0 Å². The first-order valence-corrected chi connectivity index (χ1v) is 13.1. The molecule has 0 radical (unpaired) electrons. The molecule has 0 aliphatic carbocycles. The van der Waals surface area contributed by atoms with Crippen LogP contribution in [0.15, 0.2) is 0 Å². The average molecular weight is 260 g/mol. The molecule has 0 spiro atoms. The van der Waals surface area contributed by atoms with Crippen LogP contribution in [0.5, 0.6) is 0 Å². The van der Waals surface area contributed by atoms with E-state index in [2.05, 4.69) is 20.8 Å². The minimum absolute atomic E-state index is 0.833. The van der Waals surface area contributed by atoms with Crippen LogP contribution in [-0.4, -0.2) is 11.1 Å². The molecule has 0 bridgehead atoms. The third kappa shape index (κ3) is 17.9. The van der Waals surface area contributed by atoms with E-state index in [1.54, 1.807) is 11.9 Å². The van der Waals surface area contributed by atoms with Gasteiger partial charge in [-0.25, -0.2) is 0 Å². The van der Waals surface area contributed by atoms with Crippen LogP contribution < -0.4 is 0 Å². The second-order valence-electron chi connectivity index (χ2n) is 3.08. The molecule has 0 amide bonds. The van der Waals surface area contributed by atoms with Gasteiger partial charge < -0.3 is 5.11 Å². The van der Waals surface area contributed by atoms with Crippen LogP contribution in [0.1, 0.15) is 27.7 Å². The van der Waals surface area contributed by atoms with Crippen molar-refractivity contribution in [1.82, 2.24) is 0 Å². The molecule has 0 fully saturated rings. The summed E-state index contributed by atoms with van der Waals surface area (Å²) in [5.41, 5.74) is 0. The van der Waals surface area contributed by atoms with Crippen LogP contribution in [0.2, 0.25) is 11.9 Å². The van der Waals surface area contributed by atoms with Crippen LogP contribution in [-0.2, 0) is 27.5 Å². The summed E-state index contributed by atoms with van der Waals surface area (Å²) in [7, 11) is 0. The summed E-state index contributed by atoms with van der Waals surface area (Å²) in [5, 5.41) is 7.42. The van der Waals surface area contributed by atoms with Gasteiger partial charge in [-0.05, 0) is 0 Å². The summed E-state index contributed by atoms with van der Waals surface area (Å²) >= 11 is -0.875. The molecule has 2 nitrogen and oxygen atoms in total. The molecule has 0 unspecified atom stereocenters. The van der Waals surface area contributed by atoms with Gasteiger partial charge in [0.15, 0.2) is 0 Å². The topological polar surface area (TPSA) is 37.3 Å². The second kappa shape index (κ2) is 10.4. The van der Waals surface area contributed by atoms with Crippen molar-refractivity contribution in [2.24, 2.45) is 0 Å². The molecule has 0 saturated heterocycles. The van der Waals surface area contributed by atoms with Gasteiger partial charge in [0.25, 0.3) is 5.97 Å². The predicted octanol–water partition coefficient (Wildman–Crippen LogP) is 3.01. The zero-order valence-electron chi connectivity index (χ0n) is 8.18. The molecular weight excluding hydrogens is 240 g/mol. The molecule has 3 heteroatoms. The summed E-state index contributed by atoms with van der Waals surface area (Å²) in [5.74, 6) is -0.833. The van der Waals surface area contributed by atoms with Crippen LogP contribution >= 0.6 is 0 Å². The van der Waals surface area contributed by atoms with Crippen molar-refractivity contribution in [1.29, 1.82) is 0 Å². The Morgan fingerprint density at radius 3 is 1.36 bits per heavy atom. The van der Waals surface area contributed by atoms with Gasteiger partial charge in [-0.1, -0.05) is 0 Å². The van der Waals surface area contributed by atoms with Crippen molar-refractivity contribution in [3.63, 3.8) is 0 Å². The summed E-state index contributed by atoms with van der Waals surface area (Å²) in [4.78, 5) is 9.00. The van der Waals surface area contributed by atoms with Crippen LogP contribution in [0, 0.1) is 0 Å². The third-order valence-electron chi connectivity index (χ3n) is 2.12. The summed E-state index contributed by atoms with van der Waals surface area (Å²) in [6.45, 7) is 8.17. The molecule has 0 rings (SSSR count). The Hall–Kier alpha value is 0.392. The van der Waals surface area contributed by atoms with Crippen molar-refractivity contribution < 1.29 is 32.6 Å². The molecule has 0 saturated carbocycles. The molecule has 0 aromatic rings. The Balaban J connectivity index is 0. The number of aliphatic carboxylic acids is 1. The Kier molecular flexibility index (Phi) is 13.2. The van der Waals surface area contributed by atoms with E-state index in [0.29, 0.717) is 0 Å². The van der Waals surface area contributed by atoms with Crippen LogP contribution in [0.25, 0.3) is 0 Å². The van der Waals surface area contributed by atoms with E-state index in [1.807, 2.05) is 0 Å². The second-order valence-corrected chi connectivity index (χ2v) is 17.7. The zero-order valence-corrected chi connectivity index (χ0v) is 12.2. The number of carboxylic acid groups (broad SMARTS) is 1. The van der Waals surface area contributed by atoms with Crippen molar-refractivity contribution in [3.8, 4) is 0 Å². The normalized spacial score (nSPS) is 8.00. The number of hydrogen-bond donors (Lipinski definition) is 1. The Bertz CT molecular complexity index is 80.6. The number of hydrogen-bond acceptors (Lipinski definition) is 1. The van der Waals surface area contributed by atoms with Gasteiger partial charge in [0, 0.05) is 6.92 Å². The van der Waals surface area contributed by atoms with Gasteiger partial charge in [0.2, 0.25) is 0 Å². The molecular formula is C8H19CdO2. The van der Waals surface area contributed by atoms with Gasteiger partial charge in [-0.15, -0.1) is 0 Å². The standard InChI is InChI=1S/C2H4O2.3C2H5.Cd/c1-2(3)4;3*1-2;/h1H3,(H,3,4);3*1H2,2H3;. The maximum absolute atomic E-state index is 9.00. The van der Waals surface area contributed by atoms with Crippen molar-refractivity contribution >= 4 is 5.97 Å². The SMILES string of the molecule is CC(=O)O.C[CH2][Cd]([CH2]C)[CH2]C. The Labute approximate surface area is 78.1 Å². The quantitative estimate of drug-likeness (QED) is 0.791. The van der Waals surface area contributed by atoms with E-state index >= 15 is 0 Å². The average Bonchev–Trinajstić information content (AvgIpc) is 1.90. The van der Waals surface area contributed by atoms with E-state index in [9.17, 15) is 0 Å². The molecule has 0 aliphatic rings. The maximum atomic E-state index is 9.00. The van der Waals surface area contributed by atoms with Gasteiger partial charge in [-0.2, -0.15) is 0 Å². The number of rotatable bonds is 3. The van der Waals surface area contributed by atoms with Gasteiger partial charge >= 0.3 is 55.4 Å². The fraction of sp³-hybridized carbons (Fsp3) is 0.875. The minimum atomic E-state index is -0.875. The fourth-order valence-electron chi connectivity index (χ4n) is 1.06. The first-order chi connectivity index (χ1) is 5.08. The van der Waals surface area contributed by atoms with Gasteiger partial charge in [0.05, 0.1) is 0 Å². The predicted molar refractivity (Wildman–Crippen MR) is 44.8 cm³/mol. The molecule has 1 N–H and O–H groups in total.